The maximum absolute atomic E-state index is 13.1. The first kappa shape index (κ1) is 15.0. The molecule has 0 radical (unpaired) electrons. The number of nitrogens with zero attached hydrogens (tertiary/aromatic N) is 1. The van der Waals surface area contributed by atoms with Gasteiger partial charge < -0.3 is 10.2 Å². The minimum Gasteiger partial charge on any atom is -0.361 e. The van der Waals surface area contributed by atoms with Gasteiger partial charge in [-0.3, -0.25) is 4.79 Å². The lowest BCUT2D eigenvalue weighted by Gasteiger charge is -2.37. The lowest BCUT2D eigenvalue weighted by atomic mass is 10.0. The van der Waals surface area contributed by atoms with Gasteiger partial charge in [-0.1, -0.05) is 42.0 Å². The fraction of sp³-hybridized carbons (Fsp3) is 0.150. The minimum absolute atomic E-state index is 0.0705. The zero-order valence-electron chi connectivity index (χ0n) is 13.4. The van der Waals surface area contributed by atoms with Crippen LogP contribution in [0.15, 0.2) is 65.4 Å². The molecule has 0 bridgehead atoms. The lowest BCUT2D eigenvalue weighted by Crippen LogP contribution is -2.42. The van der Waals surface area contributed by atoms with Crippen molar-refractivity contribution in [2.75, 3.05) is 5.32 Å². The van der Waals surface area contributed by atoms with Crippen molar-refractivity contribution in [3.8, 4) is 0 Å². The molecular weight excluding hydrogens is 316 g/mol. The summed E-state index contributed by atoms with van der Waals surface area (Å²) >= 11 is 1.65. The van der Waals surface area contributed by atoms with Gasteiger partial charge in [-0.2, -0.15) is 11.3 Å². The Hall–Kier alpha value is -2.59. The molecule has 2 aromatic carbocycles. The Bertz CT molecular complexity index is 856. The van der Waals surface area contributed by atoms with E-state index in [1.54, 1.807) is 11.3 Å². The van der Waals surface area contributed by atoms with Crippen molar-refractivity contribution in [2.45, 2.75) is 19.6 Å². The molecule has 1 aromatic heterocycles. The van der Waals surface area contributed by atoms with Crippen LogP contribution in [0.1, 0.15) is 33.2 Å². The summed E-state index contributed by atoms with van der Waals surface area (Å²) in [6.07, 6.45) is -0.139. The van der Waals surface area contributed by atoms with Gasteiger partial charge in [-0.05, 0) is 41.4 Å². The van der Waals surface area contributed by atoms with Crippen LogP contribution in [-0.2, 0) is 6.54 Å². The molecule has 1 aliphatic rings. The summed E-state index contributed by atoms with van der Waals surface area (Å²) in [4.78, 5) is 15.0. The van der Waals surface area contributed by atoms with E-state index in [2.05, 4.69) is 48.0 Å². The average Bonchev–Trinajstić information content (AvgIpc) is 3.13. The molecule has 24 heavy (non-hydrogen) atoms. The molecule has 1 atom stereocenters. The van der Waals surface area contributed by atoms with Crippen molar-refractivity contribution in [1.82, 2.24) is 4.90 Å². The van der Waals surface area contributed by atoms with E-state index >= 15 is 0 Å². The fourth-order valence-corrected chi connectivity index (χ4v) is 3.72. The van der Waals surface area contributed by atoms with E-state index in [1.165, 1.54) is 5.56 Å². The topological polar surface area (TPSA) is 32.3 Å². The van der Waals surface area contributed by atoms with Crippen LogP contribution in [0.2, 0.25) is 0 Å². The van der Waals surface area contributed by atoms with E-state index in [0.29, 0.717) is 6.54 Å². The Morgan fingerprint density at radius 3 is 2.62 bits per heavy atom. The predicted molar refractivity (Wildman–Crippen MR) is 98.2 cm³/mol. The van der Waals surface area contributed by atoms with Crippen LogP contribution >= 0.6 is 11.3 Å². The summed E-state index contributed by atoms with van der Waals surface area (Å²) < 4.78 is 0. The Kier molecular flexibility index (Phi) is 3.82. The van der Waals surface area contributed by atoms with Gasteiger partial charge in [-0.25, -0.2) is 0 Å². The van der Waals surface area contributed by atoms with E-state index < -0.39 is 0 Å². The van der Waals surface area contributed by atoms with Gasteiger partial charge in [-0.15, -0.1) is 0 Å². The van der Waals surface area contributed by atoms with Gasteiger partial charge in [0.2, 0.25) is 0 Å². The maximum Gasteiger partial charge on any atom is 0.258 e. The Labute approximate surface area is 145 Å². The van der Waals surface area contributed by atoms with Gasteiger partial charge in [0.15, 0.2) is 0 Å². The molecule has 0 spiro atoms. The van der Waals surface area contributed by atoms with Crippen LogP contribution in [0.4, 0.5) is 5.69 Å². The number of para-hydroxylation sites is 1. The van der Waals surface area contributed by atoms with Crippen molar-refractivity contribution in [3.63, 3.8) is 0 Å². The second kappa shape index (κ2) is 6.13. The normalized spacial score (nSPS) is 16.6. The number of thiophene rings is 1. The predicted octanol–water partition coefficient (Wildman–Crippen LogP) is 4.82. The van der Waals surface area contributed by atoms with Crippen molar-refractivity contribution >= 4 is 22.9 Å². The summed E-state index contributed by atoms with van der Waals surface area (Å²) in [7, 11) is 0. The second-order valence-corrected chi connectivity index (χ2v) is 6.85. The number of nitrogens with one attached hydrogen (secondary N) is 1. The standard InChI is InChI=1S/C20H18N2OS/c1-14-6-8-15(9-7-14)12-22-19(16-10-11-24-13-16)21-18-5-3-2-4-17(18)20(22)23/h2-11,13,19,21H,12H2,1H3/t19-/m0/s1. The lowest BCUT2D eigenvalue weighted by molar-refractivity contribution is 0.0667. The van der Waals surface area contributed by atoms with Crippen molar-refractivity contribution in [2.24, 2.45) is 0 Å². The molecule has 0 unspecified atom stereocenters. The molecule has 3 aromatic rings. The van der Waals surface area contributed by atoms with Crippen LogP contribution in [-0.4, -0.2) is 10.8 Å². The van der Waals surface area contributed by atoms with Crippen molar-refractivity contribution in [3.05, 3.63) is 87.6 Å². The number of carbonyl (C=O) groups is 1. The zero-order chi connectivity index (χ0) is 16.5. The summed E-state index contributed by atoms with van der Waals surface area (Å²) in [6.45, 7) is 2.66. The third kappa shape index (κ3) is 2.69. The summed E-state index contributed by atoms with van der Waals surface area (Å²) in [5.74, 6) is 0.0705. The molecule has 0 saturated heterocycles. The number of hydrogen-bond acceptors (Lipinski definition) is 3. The number of fused-ring (bicyclic) bond motifs is 1. The highest BCUT2D eigenvalue weighted by molar-refractivity contribution is 7.08. The molecule has 4 rings (SSSR count). The maximum atomic E-state index is 13.1. The van der Waals surface area contributed by atoms with Gasteiger partial charge in [0.25, 0.3) is 5.91 Å². The molecule has 1 aliphatic heterocycles. The summed E-state index contributed by atoms with van der Waals surface area (Å²) in [6, 6.07) is 18.2. The quantitative estimate of drug-likeness (QED) is 0.744. The molecule has 2 heterocycles. The first-order chi connectivity index (χ1) is 11.7. The Balaban J connectivity index is 1.73. The Morgan fingerprint density at radius 2 is 1.88 bits per heavy atom. The number of rotatable bonds is 3. The number of benzene rings is 2. The van der Waals surface area contributed by atoms with Crippen LogP contribution in [0.25, 0.3) is 0 Å². The van der Waals surface area contributed by atoms with Crippen LogP contribution in [0.5, 0.6) is 0 Å². The molecule has 1 N–H and O–H groups in total. The molecule has 120 valence electrons. The smallest absolute Gasteiger partial charge is 0.258 e. The highest BCUT2D eigenvalue weighted by Gasteiger charge is 2.32. The van der Waals surface area contributed by atoms with Gasteiger partial charge >= 0.3 is 0 Å². The molecule has 0 fully saturated rings. The van der Waals surface area contributed by atoms with Gasteiger partial charge in [0, 0.05) is 17.8 Å². The number of carbonyl (C=O) groups excluding carboxylic acids is 1. The zero-order valence-corrected chi connectivity index (χ0v) is 14.2. The van der Waals surface area contributed by atoms with Gasteiger partial charge in [0.1, 0.15) is 6.17 Å². The molecule has 1 amide bonds. The summed E-state index contributed by atoms with van der Waals surface area (Å²) in [5.41, 5.74) is 5.11. The number of amides is 1. The third-order valence-corrected chi connectivity index (χ3v) is 5.06. The average molecular weight is 334 g/mol. The summed E-state index contributed by atoms with van der Waals surface area (Å²) in [5, 5.41) is 7.67. The van der Waals surface area contributed by atoms with Crippen LogP contribution in [0.3, 0.4) is 0 Å². The molecule has 4 heteroatoms. The van der Waals surface area contributed by atoms with E-state index in [4.69, 9.17) is 0 Å². The molecule has 0 saturated carbocycles. The highest BCUT2D eigenvalue weighted by atomic mass is 32.1. The highest BCUT2D eigenvalue weighted by Crippen LogP contribution is 2.34. The third-order valence-electron chi connectivity index (χ3n) is 4.35. The monoisotopic (exact) mass is 334 g/mol. The second-order valence-electron chi connectivity index (χ2n) is 6.07. The van der Waals surface area contributed by atoms with E-state index in [-0.39, 0.29) is 12.1 Å². The largest absolute Gasteiger partial charge is 0.361 e. The Morgan fingerprint density at radius 1 is 1.08 bits per heavy atom. The minimum atomic E-state index is -0.139. The number of anilines is 1. The first-order valence-electron chi connectivity index (χ1n) is 7.96. The molecular formula is C20H18N2OS. The van der Waals surface area contributed by atoms with E-state index in [9.17, 15) is 4.79 Å². The molecule has 0 aliphatic carbocycles. The van der Waals surface area contributed by atoms with Gasteiger partial charge in [0.05, 0.1) is 5.56 Å². The number of aryl methyl sites for hydroxylation is 1. The van der Waals surface area contributed by atoms with E-state index in [1.807, 2.05) is 34.5 Å². The number of hydrogen-bond donors (Lipinski definition) is 1. The molecule has 3 nitrogen and oxygen atoms in total. The van der Waals surface area contributed by atoms with Crippen molar-refractivity contribution in [1.29, 1.82) is 0 Å². The SMILES string of the molecule is Cc1ccc(CN2C(=O)c3ccccc3N[C@@H]2c2ccsc2)cc1. The van der Waals surface area contributed by atoms with Crippen LogP contribution in [0, 0.1) is 6.92 Å². The van der Waals surface area contributed by atoms with E-state index in [0.717, 1.165) is 22.4 Å². The first-order valence-corrected chi connectivity index (χ1v) is 8.91. The van der Waals surface area contributed by atoms with Crippen molar-refractivity contribution < 1.29 is 4.79 Å². The van der Waals surface area contributed by atoms with Crippen LogP contribution < -0.4 is 5.32 Å². The fourth-order valence-electron chi connectivity index (χ4n) is 3.04.